The Morgan fingerprint density at radius 1 is 1.53 bits per heavy atom. The second-order valence-corrected chi connectivity index (χ2v) is 4.94. The molecule has 0 bridgehead atoms. The van der Waals surface area contributed by atoms with Gasteiger partial charge in [-0.15, -0.1) is 0 Å². The maximum atomic E-state index is 11.3. The number of hydrogen-bond acceptors (Lipinski definition) is 5. The average Bonchev–Trinajstić information content (AvgIpc) is 2.34. The molecule has 0 saturated carbocycles. The van der Waals surface area contributed by atoms with Crippen LogP contribution in [-0.4, -0.2) is 23.0 Å². The summed E-state index contributed by atoms with van der Waals surface area (Å²) in [6, 6.07) is 1.54. The minimum atomic E-state index is -0.652. The zero-order valence-corrected chi connectivity index (χ0v) is 12.2. The quantitative estimate of drug-likeness (QED) is 0.826. The molecule has 2 rings (SSSR count). The summed E-state index contributed by atoms with van der Waals surface area (Å²) in [5, 5.41) is 0.861. The standard InChI is InChI=1S/C11H10BrClN4O2/c1-19-3-6-4-2-5(10(15)18)9(14)17-11(4)16-8(13)7(6)12/h2H,3H2,1H3,(H2,15,18)(H2,14,16,17). The van der Waals surface area contributed by atoms with Crippen molar-refractivity contribution in [3.05, 3.63) is 26.8 Å². The van der Waals surface area contributed by atoms with Crippen LogP contribution in [0.4, 0.5) is 5.82 Å². The Bertz CT molecular complexity index is 678. The van der Waals surface area contributed by atoms with E-state index in [-0.39, 0.29) is 23.1 Å². The highest BCUT2D eigenvalue weighted by Crippen LogP contribution is 2.32. The number of halogens is 2. The fourth-order valence-corrected chi connectivity index (χ4v) is 2.30. The van der Waals surface area contributed by atoms with Gasteiger partial charge in [0.1, 0.15) is 11.0 Å². The first kappa shape index (κ1) is 14.0. The third-order valence-corrected chi connectivity index (χ3v) is 3.92. The van der Waals surface area contributed by atoms with Gasteiger partial charge in [-0.1, -0.05) is 11.6 Å². The molecule has 0 aromatic carbocycles. The number of carbonyl (C=O) groups is 1. The summed E-state index contributed by atoms with van der Waals surface area (Å²) in [7, 11) is 1.55. The highest BCUT2D eigenvalue weighted by Gasteiger charge is 2.16. The third kappa shape index (κ3) is 2.49. The monoisotopic (exact) mass is 344 g/mol. The second-order valence-electron chi connectivity index (χ2n) is 3.78. The van der Waals surface area contributed by atoms with E-state index in [0.717, 1.165) is 5.56 Å². The largest absolute Gasteiger partial charge is 0.383 e. The predicted molar refractivity (Wildman–Crippen MR) is 75.9 cm³/mol. The number of anilines is 1. The number of carbonyl (C=O) groups excluding carboxylic acids is 1. The maximum absolute atomic E-state index is 11.3. The number of aromatic nitrogens is 2. The molecule has 0 spiro atoms. The van der Waals surface area contributed by atoms with E-state index >= 15 is 0 Å². The molecule has 0 aliphatic rings. The van der Waals surface area contributed by atoms with Crippen LogP contribution in [0.3, 0.4) is 0 Å². The van der Waals surface area contributed by atoms with Gasteiger partial charge in [0.15, 0.2) is 5.65 Å². The van der Waals surface area contributed by atoms with Gasteiger partial charge in [-0.2, -0.15) is 0 Å². The van der Waals surface area contributed by atoms with Gasteiger partial charge >= 0.3 is 0 Å². The number of amides is 1. The minimum Gasteiger partial charge on any atom is -0.383 e. The van der Waals surface area contributed by atoms with Gasteiger partial charge in [-0.05, 0) is 22.0 Å². The van der Waals surface area contributed by atoms with Gasteiger partial charge in [0.05, 0.1) is 16.6 Å². The number of fused-ring (bicyclic) bond motifs is 1. The van der Waals surface area contributed by atoms with Crippen molar-refractivity contribution in [3.63, 3.8) is 0 Å². The molecule has 4 N–H and O–H groups in total. The molecule has 0 radical (unpaired) electrons. The summed E-state index contributed by atoms with van der Waals surface area (Å²) >= 11 is 9.33. The predicted octanol–water partition coefficient (Wildman–Crippen LogP) is 1.87. The Morgan fingerprint density at radius 2 is 2.21 bits per heavy atom. The van der Waals surface area contributed by atoms with Crippen molar-refractivity contribution < 1.29 is 9.53 Å². The topological polar surface area (TPSA) is 104 Å². The molecule has 2 heterocycles. The number of nitrogen functional groups attached to an aromatic ring is 1. The number of hydrogen-bond donors (Lipinski definition) is 2. The van der Waals surface area contributed by atoms with E-state index in [2.05, 4.69) is 25.9 Å². The lowest BCUT2D eigenvalue weighted by Gasteiger charge is -2.11. The third-order valence-electron chi connectivity index (χ3n) is 2.56. The zero-order chi connectivity index (χ0) is 14.2. The molecular weight excluding hydrogens is 336 g/mol. The molecule has 19 heavy (non-hydrogen) atoms. The lowest BCUT2D eigenvalue weighted by atomic mass is 10.1. The minimum absolute atomic E-state index is 0.0225. The van der Waals surface area contributed by atoms with E-state index in [1.807, 2.05) is 0 Å². The molecule has 0 saturated heterocycles. The molecule has 0 atom stereocenters. The fraction of sp³-hybridized carbons (Fsp3) is 0.182. The van der Waals surface area contributed by atoms with E-state index < -0.39 is 5.91 Å². The van der Waals surface area contributed by atoms with Crippen LogP contribution in [0.25, 0.3) is 11.0 Å². The SMILES string of the molecule is COCc1c(Br)c(Cl)nc2nc(N)c(C(N)=O)cc12. The summed E-state index contributed by atoms with van der Waals surface area (Å²) in [5.74, 6) is -0.629. The molecule has 0 aliphatic carbocycles. The van der Waals surface area contributed by atoms with E-state index in [1.54, 1.807) is 13.2 Å². The van der Waals surface area contributed by atoms with Crippen molar-refractivity contribution in [3.8, 4) is 0 Å². The fourth-order valence-electron chi connectivity index (χ4n) is 1.69. The van der Waals surface area contributed by atoms with Crippen LogP contribution in [0.15, 0.2) is 10.5 Å². The Balaban J connectivity index is 2.84. The first-order valence-corrected chi connectivity index (χ1v) is 6.35. The molecule has 100 valence electrons. The number of rotatable bonds is 3. The van der Waals surface area contributed by atoms with Gasteiger partial charge < -0.3 is 16.2 Å². The second kappa shape index (κ2) is 5.28. The van der Waals surface area contributed by atoms with Crippen molar-refractivity contribution in [2.75, 3.05) is 12.8 Å². The van der Waals surface area contributed by atoms with Gasteiger partial charge in [-0.3, -0.25) is 4.79 Å². The summed E-state index contributed by atoms with van der Waals surface area (Å²) in [5.41, 5.74) is 12.1. The summed E-state index contributed by atoms with van der Waals surface area (Å²) < 4.78 is 5.70. The lowest BCUT2D eigenvalue weighted by Crippen LogP contribution is -2.15. The van der Waals surface area contributed by atoms with Gasteiger partial charge in [0, 0.05) is 18.1 Å². The maximum Gasteiger partial charge on any atom is 0.252 e. The van der Waals surface area contributed by atoms with E-state index in [4.69, 9.17) is 27.8 Å². The molecule has 0 fully saturated rings. The van der Waals surface area contributed by atoms with Crippen LogP contribution in [0.2, 0.25) is 5.15 Å². The van der Waals surface area contributed by atoms with Crippen LogP contribution < -0.4 is 11.5 Å². The molecule has 0 unspecified atom stereocenters. The average molecular weight is 346 g/mol. The summed E-state index contributed by atoms with van der Waals surface area (Å²) in [6.07, 6.45) is 0. The zero-order valence-electron chi connectivity index (χ0n) is 9.91. The van der Waals surface area contributed by atoms with Crippen LogP contribution >= 0.6 is 27.5 Å². The highest BCUT2D eigenvalue weighted by atomic mass is 79.9. The number of nitrogens with two attached hydrogens (primary N) is 2. The Labute approximate surface area is 122 Å². The smallest absolute Gasteiger partial charge is 0.252 e. The number of ether oxygens (including phenoxy) is 1. The normalized spacial score (nSPS) is 10.9. The number of primary amides is 1. The lowest BCUT2D eigenvalue weighted by molar-refractivity contribution is 0.100. The number of nitrogens with zero attached hydrogens (tertiary/aromatic N) is 2. The summed E-state index contributed by atoms with van der Waals surface area (Å²) in [6.45, 7) is 0.281. The molecule has 2 aromatic heterocycles. The van der Waals surface area contributed by atoms with Crippen molar-refractivity contribution >= 4 is 50.3 Å². The van der Waals surface area contributed by atoms with E-state index in [9.17, 15) is 4.79 Å². The van der Waals surface area contributed by atoms with Crippen molar-refractivity contribution in [2.24, 2.45) is 5.73 Å². The molecule has 0 aliphatic heterocycles. The van der Waals surface area contributed by atoms with Crippen LogP contribution in [0.1, 0.15) is 15.9 Å². The molecule has 8 heteroatoms. The number of pyridine rings is 2. The van der Waals surface area contributed by atoms with Gasteiger partial charge in [-0.25, -0.2) is 9.97 Å². The highest BCUT2D eigenvalue weighted by molar-refractivity contribution is 9.10. The molecule has 6 nitrogen and oxygen atoms in total. The van der Waals surface area contributed by atoms with Crippen molar-refractivity contribution in [1.82, 2.24) is 9.97 Å². The van der Waals surface area contributed by atoms with Gasteiger partial charge in [0.25, 0.3) is 5.91 Å². The molecule has 1 amide bonds. The molecular formula is C11H10BrClN4O2. The van der Waals surface area contributed by atoms with Crippen LogP contribution in [-0.2, 0) is 11.3 Å². The first-order chi connectivity index (χ1) is 8.95. The summed E-state index contributed by atoms with van der Waals surface area (Å²) in [4.78, 5) is 19.4. The van der Waals surface area contributed by atoms with E-state index in [0.29, 0.717) is 15.5 Å². The van der Waals surface area contributed by atoms with Gasteiger partial charge in [0.2, 0.25) is 0 Å². The van der Waals surface area contributed by atoms with Crippen molar-refractivity contribution in [2.45, 2.75) is 6.61 Å². The number of methoxy groups -OCH3 is 1. The van der Waals surface area contributed by atoms with Crippen molar-refractivity contribution in [1.29, 1.82) is 0 Å². The molecule has 2 aromatic rings. The van der Waals surface area contributed by atoms with E-state index in [1.165, 1.54) is 0 Å². The Hall–Kier alpha value is -1.44. The van der Waals surface area contributed by atoms with Crippen LogP contribution in [0.5, 0.6) is 0 Å². The van der Waals surface area contributed by atoms with Crippen LogP contribution in [0, 0.1) is 0 Å². The first-order valence-electron chi connectivity index (χ1n) is 5.18. The Kier molecular flexibility index (Phi) is 3.88. The Morgan fingerprint density at radius 3 is 2.79 bits per heavy atom.